The van der Waals surface area contributed by atoms with Gasteiger partial charge in [0.2, 0.25) is 0 Å². The van der Waals surface area contributed by atoms with Crippen LogP contribution >= 0.6 is 0 Å². The van der Waals surface area contributed by atoms with Crippen LogP contribution in [0.1, 0.15) is 11.7 Å². The number of nitrogens with zero attached hydrogens (tertiary/aromatic N) is 1. The van der Waals surface area contributed by atoms with Gasteiger partial charge < -0.3 is 9.84 Å². The summed E-state index contributed by atoms with van der Waals surface area (Å²) in [4.78, 5) is 0. The maximum atomic E-state index is 9.09. The maximum Gasteiger partial charge on any atom is 0.115 e. The lowest BCUT2D eigenvalue weighted by atomic mass is 10.1. The number of phenols is 1. The molecule has 1 atom stereocenters. The van der Waals surface area contributed by atoms with Crippen LogP contribution in [0.2, 0.25) is 0 Å². The number of morpholine rings is 1. The van der Waals surface area contributed by atoms with Crippen molar-refractivity contribution in [3.63, 3.8) is 0 Å². The van der Waals surface area contributed by atoms with E-state index in [2.05, 4.69) is 5.32 Å². The zero-order valence-corrected chi connectivity index (χ0v) is 7.31. The molecule has 1 saturated heterocycles. The van der Waals surface area contributed by atoms with Crippen LogP contribution < -0.4 is 5.32 Å². The van der Waals surface area contributed by atoms with Crippen molar-refractivity contribution in [2.24, 2.45) is 0 Å². The average molecular weight is 178 g/mol. The third-order valence-corrected chi connectivity index (χ3v) is 2.13. The van der Waals surface area contributed by atoms with Crippen molar-refractivity contribution in [1.29, 1.82) is 0 Å². The van der Waals surface area contributed by atoms with Crippen molar-refractivity contribution in [1.82, 2.24) is 5.32 Å². The number of ether oxygens (including phenoxy) is 1. The largest absolute Gasteiger partial charge is 0.508 e. The van der Waals surface area contributed by atoms with Crippen molar-refractivity contribution in [3.8, 4) is 5.75 Å². The molecule has 1 radical (unpaired) electrons. The smallest absolute Gasteiger partial charge is 0.115 e. The van der Waals surface area contributed by atoms with Crippen LogP contribution in [-0.4, -0.2) is 24.8 Å². The molecule has 0 spiro atoms. The predicted octanol–water partition coefficient (Wildman–Crippen LogP) is 1.07. The summed E-state index contributed by atoms with van der Waals surface area (Å²) in [5.74, 6) is 0.288. The molecule has 0 saturated carbocycles. The van der Waals surface area contributed by atoms with Crippen molar-refractivity contribution in [2.75, 3.05) is 19.7 Å². The summed E-state index contributed by atoms with van der Waals surface area (Å²) in [5.41, 5.74) is 1.08. The number of hydrogen-bond donors (Lipinski definition) is 1. The minimum Gasteiger partial charge on any atom is -0.508 e. The Morgan fingerprint density at radius 2 is 2.08 bits per heavy atom. The van der Waals surface area contributed by atoms with E-state index in [0.717, 1.165) is 18.7 Å². The summed E-state index contributed by atoms with van der Waals surface area (Å²) in [5, 5.41) is 13.4. The minimum absolute atomic E-state index is 0.0781. The first-order valence-electron chi connectivity index (χ1n) is 4.40. The Morgan fingerprint density at radius 3 is 2.69 bits per heavy atom. The second kappa shape index (κ2) is 3.77. The van der Waals surface area contributed by atoms with Gasteiger partial charge in [-0.25, -0.2) is 5.32 Å². The molecular weight excluding hydrogens is 166 g/mol. The molecule has 3 heteroatoms. The molecule has 1 aromatic carbocycles. The van der Waals surface area contributed by atoms with Gasteiger partial charge in [-0.2, -0.15) is 0 Å². The maximum absolute atomic E-state index is 9.09. The Bertz CT molecular complexity index is 265. The Morgan fingerprint density at radius 1 is 1.31 bits per heavy atom. The topological polar surface area (TPSA) is 43.6 Å². The van der Waals surface area contributed by atoms with Crippen molar-refractivity contribution in [2.45, 2.75) is 6.10 Å². The van der Waals surface area contributed by atoms with Gasteiger partial charge in [0.1, 0.15) is 5.75 Å². The van der Waals surface area contributed by atoms with Crippen LogP contribution in [0.15, 0.2) is 24.3 Å². The van der Waals surface area contributed by atoms with Gasteiger partial charge in [-0.05, 0) is 17.7 Å². The van der Waals surface area contributed by atoms with E-state index in [1.54, 1.807) is 12.1 Å². The molecule has 2 rings (SSSR count). The molecular formula is C10H12NO2. The third kappa shape index (κ3) is 1.99. The monoisotopic (exact) mass is 178 g/mol. The van der Waals surface area contributed by atoms with Crippen LogP contribution in [0.25, 0.3) is 0 Å². The van der Waals surface area contributed by atoms with Crippen LogP contribution in [0, 0.1) is 0 Å². The van der Waals surface area contributed by atoms with E-state index in [0.29, 0.717) is 6.61 Å². The first-order valence-corrected chi connectivity index (χ1v) is 4.40. The molecule has 0 bridgehead atoms. The van der Waals surface area contributed by atoms with Crippen molar-refractivity contribution >= 4 is 0 Å². The number of aromatic hydroxyl groups is 1. The molecule has 0 aromatic heterocycles. The SMILES string of the molecule is Oc1ccc([C@H]2C[N]CCO2)cc1. The molecule has 1 heterocycles. The summed E-state index contributed by atoms with van der Waals surface area (Å²) < 4.78 is 5.53. The Labute approximate surface area is 77.3 Å². The highest BCUT2D eigenvalue weighted by Crippen LogP contribution is 2.21. The normalized spacial score (nSPS) is 22.9. The third-order valence-electron chi connectivity index (χ3n) is 2.13. The van der Waals surface area contributed by atoms with Gasteiger partial charge in [0.25, 0.3) is 0 Å². The highest BCUT2D eigenvalue weighted by Gasteiger charge is 2.15. The highest BCUT2D eigenvalue weighted by atomic mass is 16.5. The first kappa shape index (κ1) is 8.53. The van der Waals surface area contributed by atoms with E-state index in [1.807, 2.05) is 12.1 Å². The predicted molar refractivity (Wildman–Crippen MR) is 48.7 cm³/mol. The fourth-order valence-corrected chi connectivity index (χ4v) is 1.41. The van der Waals surface area contributed by atoms with Crippen molar-refractivity contribution in [3.05, 3.63) is 29.8 Å². The molecule has 0 amide bonds. The Kier molecular flexibility index (Phi) is 2.47. The molecule has 0 aliphatic carbocycles. The van der Waals surface area contributed by atoms with Gasteiger partial charge in [0, 0.05) is 13.1 Å². The van der Waals surface area contributed by atoms with E-state index in [9.17, 15) is 0 Å². The summed E-state index contributed by atoms with van der Waals surface area (Å²) in [7, 11) is 0. The Balaban J connectivity index is 2.10. The lowest BCUT2D eigenvalue weighted by Gasteiger charge is -2.22. The molecule has 13 heavy (non-hydrogen) atoms. The summed E-state index contributed by atoms with van der Waals surface area (Å²) >= 11 is 0. The van der Waals surface area contributed by atoms with E-state index in [1.165, 1.54) is 0 Å². The quantitative estimate of drug-likeness (QED) is 0.699. The van der Waals surface area contributed by atoms with Gasteiger partial charge >= 0.3 is 0 Å². The highest BCUT2D eigenvalue weighted by molar-refractivity contribution is 5.27. The fourth-order valence-electron chi connectivity index (χ4n) is 1.41. The van der Waals surface area contributed by atoms with Crippen LogP contribution in [-0.2, 0) is 4.74 Å². The van der Waals surface area contributed by atoms with Crippen LogP contribution in [0.4, 0.5) is 0 Å². The lowest BCUT2D eigenvalue weighted by Crippen LogP contribution is -2.28. The summed E-state index contributed by atoms with van der Waals surface area (Å²) in [6.07, 6.45) is 0.0781. The van der Waals surface area contributed by atoms with Crippen molar-refractivity contribution < 1.29 is 9.84 Å². The van der Waals surface area contributed by atoms with E-state index in [-0.39, 0.29) is 11.9 Å². The lowest BCUT2D eigenvalue weighted by molar-refractivity contribution is 0.0260. The van der Waals surface area contributed by atoms with Gasteiger partial charge in [-0.3, -0.25) is 0 Å². The number of benzene rings is 1. The van der Waals surface area contributed by atoms with Gasteiger partial charge in [0.05, 0.1) is 12.7 Å². The van der Waals surface area contributed by atoms with Crippen LogP contribution in [0.5, 0.6) is 5.75 Å². The molecule has 1 aliphatic rings. The summed E-state index contributed by atoms with van der Waals surface area (Å²) in [6, 6.07) is 7.10. The van der Waals surface area contributed by atoms with E-state index in [4.69, 9.17) is 9.84 Å². The Hall–Kier alpha value is -1.06. The van der Waals surface area contributed by atoms with Gasteiger partial charge in [-0.1, -0.05) is 12.1 Å². The second-order valence-electron chi connectivity index (χ2n) is 3.08. The molecule has 1 N–H and O–H groups in total. The van der Waals surface area contributed by atoms with Crippen LogP contribution in [0.3, 0.4) is 0 Å². The average Bonchev–Trinajstić information content (AvgIpc) is 2.20. The minimum atomic E-state index is 0.0781. The second-order valence-corrected chi connectivity index (χ2v) is 3.08. The standard InChI is InChI=1S/C10H12NO2/c12-9-3-1-8(2-4-9)10-7-11-5-6-13-10/h1-4,10,12H,5-7H2/t10-/m1/s1. The van der Waals surface area contributed by atoms with Gasteiger partial charge in [-0.15, -0.1) is 0 Å². The number of rotatable bonds is 1. The first-order chi connectivity index (χ1) is 6.36. The van der Waals surface area contributed by atoms with E-state index >= 15 is 0 Å². The van der Waals surface area contributed by atoms with E-state index < -0.39 is 0 Å². The molecule has 1 aliphatic heterocycles. The molecule has 0 unspecified atom stereocenters. The number of phenolic OH excluding ortho intramolecular Hbond substituents is 1. The number of hydrogen-bond acceptors (Lipinski definition) is 2. The molecule has 3 nitrogen and oxygen atoms in total. The fraction of sp³-hybridized carbons (Fsp3) is 0.400. The summed E-state index contributed by atoms with van der Waals surface area (Å²) in [6.45, 7) is 2.23. The van der Waals surface area contributed by atoms with Gasteiger partial charge in [0.15, 0.2) is 0 Å². The molecule has 69 valence electrons. The molecule has 1 aromatic rings. The zero-order valence-electron chi connectivity index (χ0n) is 7.31. The molecule has 1 fully saturated rings. The zero-order chi connectivity index (χ0) is 9.10.